The Morgan fingerprint density at radius 3 is 2.50 bits per heavy atom. The molecule has 0 radical (unpaired) electrons. The van der Waals surface area contributed by atoms with E-state index < -0.39 is 0 Å². The predicted octanol–water partition coefficient (Wildman–Crippen LogP) is 3.94. The summed E-state index contributed by atoms with van der Waals surface area (Å²) in [6, 6.07) is 16.2. The number of carbonyl (C=O) groups is 1. The fourth-order valence-corrected chi connectivity index (χ4v) is 3.69. The Balaban J connectivity index is 1.49. The lowest BCUT2D eigenvalue weighted by Crippen LogP contribution is -2.31. The van der Waals surface area contributed by atoms with Gasteiger partial charge >= 0.3 is 0 Å². The maximum Gasteiger partial charge on any atom is 0.255 e. The Kier molecular flexibility index (Phi) is 5.06. The van der Waals surface area contributed by atoms with E-state index in [4.69, 9.17) is 5.73 Å². The first kappa shape index (κ1) is 18.2. The third-order valence-corrected chi connectivity index (χ3v) is 5.26. The summed E-state index contributed by atoms with van der Waals surface area (Å²) in [5.41, 5.74) is 10.9. The average molecular weight is 372 g/mol. The molecule has 1 atom stereocenters. The number of rotatable bonds is 4. The van der Waals surface area contributed by atoms with E-state index in [1.807, 2.05) is 11.1 Å². The van der Waals surface area contributed by atoms with Crippen molar-refractivity contribution in [3.05, 3.63) is 88.9 Å². The summed E-state index contributed by atoms with van der Waals surface area (Å²) in [5, 5.41) is 0. The van der Waals surface area contributed by atoms with Crippen LogP contribution in [0.3, 0.4) is 0 Å². The first-order valence-electron chi connectivity index (χ1n) is 9.63. The highest BCUT2D eigenvalue weighted by Crippen LogP contribution is 2.32. The predicted molar refractivity (Wildman–Crippen MR) is 110 cm³/mol. The van der Waals surface area contributed by atoms with Crippen LogP contribution in [0, 0.1) is 6.92 Å². The standard InChI is InChI=1S/C23H24N4O/c1-16-4-6-17(7-5-16)13-18-8-10-20(25-14-18)21-3-2-12-27(21)23(28)19-9-11-22(24)26-15-19/h4-11,14-15,21H,2-3,12-13H2,1H3,(H2,24,26). The number of amides is 1. The van der Waals surface area contributed by atoms with Crippen LogP contribution in [0.4, 0.5) is 5.82 Å². The molecule has 1 saturated heterocycles. The van der Waals surface area contributed by atoms with Crippen LogP contribution in [0.15, 0.2) is 60.9 Å². The molecule has 0 aliphatic carbocycles. The molecule has 5 nitrogen and oxygen atoms in total. The van der Waals surface area contributed by atoms with Gasteiger partial charge in [0.25, 0.3) is 5.91 Å². The molecule has 3 aromatic rings. The highest BCUT2D eigenvalue weighted by molar-refractivity contribution is 5.94. The molecule has 1 aliphatic rings. The summed E-state index contributed by atoms with van der Waals surface area (Å²) in [5.74, 6) is 0.404. The third-order valence-electron chi connectivity index (χ3n) is 5.26. The Bertz CT molecular complexity index is 949. The molecule has 4 rings (SSSR count). The second-order valence-electron chi connectivity index (χ2n) is 7.38. The second kappa shape index (κ2) is 7.80. The summed E-state index contributed by atoms with van der Waals surface area (Å²) >= 11 is 0. The molecule has 0 saturated carbocycles. The second-order valence-corrected chi connectivity index (χ2v) is 7.38. The molecule has 1 fully saturated rings. The highest BCUT2D eigenvalue weighted by Gasteiger charge is 2.31. The highest BCUT2D eigenvalue weighted by atomic mass is 16.2. The SMILES string of the molecule is Cc1ccc(Cc2ccc(C3CCCN3C(=O)c3ccc(N)nc3)nc2)cc1. The van der Waals surface area contributed by atoms with E-state index >= 15 is 0 Å². The molecule has 2 aromatic heterocycles. The number of aromatic nitrogens is 2. The Morgan fingerprint density at radius 2 is 1.82 bits per heavy atom. The summed E-state index contributed by atoms with van der Waals surface area (Å²) in [7, 11) is 0. The van der Waals surface area contributed by atoms with Crippen LogP contribution in [0.2, 0.25) is 0 Å². The van der Waals surface area contributed by atoms with Gasteiger partial charge in [-0.2, -0.15) is 0 Å². The summed E-state index contributed by atoms with van der Waals surface area (Å²) in [6.07, 6.45) is 6.24. The van der Waals surface area contributed by atoms with Gasteiger partial charge < -0.3 is 10.6 Å². The lowest BCUT2D eigenvalue weighted by molar-refractivity contribution is 0.0732. The number of nitrogens with two attached hydrogens (primary N) is 1. The number of benzene rings is 1. The monoisotopic (exact) mass is 372 g/mol. The number of pyridine rings is 2. The zero-order chi connectivity index (χ0) is 19.5. The first-order chi connectivity index (χ1) is 13.6. The van der Waals surface area contributed by atoms with Crippen molar-refractivity contribution in [1.29, 1.82) is 0 Å². The molecular weight excluding hydrogens is 348 g/mol. The molecule has 28 heavy (non-hydrogen) atoms. The van der Waals surface area contributed by atoms with Gasteiger partial charge in [0.1, 0.15) is 5.82 Å². The van der Waals surface area contributed by atoms with Crippen LogP contribution in [-0.2, 0) is 6.42 Å². The number of carbonyl (C=O) groups excluding carboxylic acids is 1. The quantitative estimate of drug-likeness (QED) is 0.753. The number of likely N-dealkylation sites (tertiary alicyclic amines) is 1. The lowest BCUT2D eigenvalue weighted by Gasteiger charge is -2.24. The molecule has 2 N–H and O–H groups in total. The van der Waals surface area contributed by atoms with Crippen LogP contribution >= 0.6 is 0 Å². The van der Waals surface area contributed by atoms with Gasteiger partial charge in [0.2, 0.25) is 0 Å². The van der Waals surface area contributed by atoms with Gasteiger partial charge in [0, 0.05) is 18.9 Å². The minimum Gasteiger partial charge on any atom is -0.384 e. The minimum absolute atomic E-state index is 0.0125. The van der Waals surface area contributed by atoms with E-state index in [1.165, 1.54) is 16.7 Å². The molecule has 1 aromatic carbocycles. The molecule has 0 bridgehead atoms. The first-order valence-corrected chi connectivity index (χ1v) is 9.63. The van der Waals surface area contributed by atoms with Crippen molar-refractivity contribution in [2.45, 2.75) is 32.2 Å². The number of anilines is 1. The summed E-state index contributed by atoms with van der Waals surface area (Å²) in [4.78, 5) is 23.5. The van der Waals surface area contributed by atoms with Crippen LogP contribution in [0.5, 0.6) is 0 Å². The van der Waals surface area contributed by atoms with Crippen LogP contribution in [0.25, 0.3) is 0 Å². The Labute approximate surface area is 165 Å². The summed E-state index contributed by atoms with van der Waals surface area (Å²) < 4.78 is 0. The van der Waals surface area contributed by atoms with Crippen LogP contribution in [0.1, 0.15) is 51.6 Å². The van der Waals surface area contributed by atoms with E-state index in [2.05, 4.69) is 53.3 Å². The maximum atomic E-state index is 12.9. The van der Waals surface area contributed by atoms with Crippen LogP contribution in [-0.4, -0.2) is 27.3 Å². The largest absolute Gasteiger partial charge is 0.384 e. The maximum absolute atomic E-state index is 12.9. The molecule has 1 amide bonds. The molecule has 0 spiro atoms. The minimum atomic E-state index is -0.0134. The molecule has 3 heterocycles. The van der Waals surface area contributed by atoms with Crippen molar-refractivity contribution in [3.63, 3.8) is 0 Å². The van der Waals surface area contributed by atoms with Crippen molar-refractivity contribution >= 4 is 11.7 Å². The van der Waals surface area contributed by atoms with E-state index in [0.29, 0.717) is 11.4 Å². The molecular formula is C23H24N4O. The van der Waals surface area contributed by atoms with E-state index in [-0.39, 0.29) is 11.9 Å². The zero-order valence-electron chi connectivity index (χ0n) is 16.0. The average Bonchev–Trinajstić information content (AvgIpc) is 3.20. The van der Waals surface area contributed by atoms with E-state index in [0.717, 1.165) is 31.5 Å². The van der Waals surface area contributed by atoms with Crippen molar-refractivity contribution in [2.75, 3.05) is 12.3 Å². The molecule has 1 aliphatic heterocycles. The third kappa shape index (κ3) is 3.88. The number of nitrogens with zero attached hydrogens (tertiary/aromatic N) is 3. The van der Waals surface area contributed by atoms with Crippen LogP contribution < -0.4 is 5.73 Å². The topological polar surface area (TPSA) is 72.1 Å². The Hall–Kier alpha value is -3.21. The zero-order valence-corrected chi connectivity index (χ0v) is 16.0. The molecule has 142 valence electrons. The van der Waals surface area contributed by atoms with Crippen molar-refractivity contribution in [3.8, 4) is 0 Å². The number of aryl methyl sites for hydroxylation is 1. The Morgan fingerprint density at radius 1 is 1.04 bits per heavy atom. The van der Waals surface area contributed by atoms with Gasteiger partial charge in [0.05, 0.1) is 17.3 Å². The van der Waals surface area contributed by atoms with Gasteiger partial charge in [-0.1, -0.05) is 35.9 Å². The van der Waals surface area contributed by atoms with Gasteiger partial charge in [-0.15, -0.1) is 0 Å². The normalized spacial score (nSPS) is 16.3. The fraction of sp³-hybridized carbons (Fsp3) is 0.261. The van der Waals surface area contributed by atoms with Gasteiger partial charge in [-0.25, -0.2) is 4.98 Å². The van der Waals surface area contributed by atoms with Crippen molar-refractivity contribution in [2.24, 2.45) is 0 Å². The van der Waals surface area contributed by atoms with Crippen molar-refractivity contribution in [1.82, 2.24) is 14.9 Å². The van der Waals surface area contributed by atoms with Gasteiger partial charge in [-0.05, 0) is 55.5 Å². The molecule has 1 unspecified atom stereocenters. The lowest BCUT2D eigenvalue weighted by atomic mass is 10.0. The van der Waals surface area contributed by atoms with Crippen molar-refractivity contribution < 1.29 is 4.79 Å². The van der Waals surface area contributed by atoms with E-state index in [9.17, 15) is 4.79 Å². The smallest absolute Gasteiger partial charge is 0.255 e. The number of nitrogen functional groups attached to an aromatic ring is 1. The fourth-order valence-electron chi connectivity index (χ4n) is 3.69. The number of hydrogen-bond donors (Lipinski definition) is 1. The molecule has 5 heteroatoms. The van der Waals surface area contributed by atoms with Gasteiger partial charge in [0.15, 0.2) is 0 Å². The van der Waals surface area contributed by atoms with E-state index in [1.54, 1.807) is 18.3 Å². The van der Waals surface area contributed by atoms with Gasteiger partial charge in [-0.3, -0.25) is 9.78 Å². The number of hydrogen-bond acceptors (Lipinski definition) is 4. The summed E-state index contributed by atoms with van der Waals surface area (Å²) in [6.45, 7) is 2.83.